The van der Waals surface area contributed by atoms with Crippen molar-refractivity contribution in [3.8, 4) is 0 Å². The van der Waals surface area contributed by atoms with Gasteiger partial charge in [0.25, 0.3) is 0 Å². The van der Waals surface area contributed by atoms with Crippen LogP contribution in [0.25, 0.3) is 0 Å². The van der Waals surface area contributed by atoms with Crippen molar-refractivity contribution in [2.75, 3.05) is 0 Å². The third kappa shape index (κ3) is 2.80. The molecule has 2 aliphatic carbocycles. The molecule has 2 aliphatic rings. The molecular formula is C16H25NS. The summed E-state index contributed by atoms with van der Waals surface area (Å²) in [6, 6.07) is 5.91. The molecule has 0 bridgehead atoms. The van der Waals surface area contributed by atoms with Crippen molar-refractivity contribution in [2.24, 2.45) is 17.8 Å². The Labute approximate surface area is 115 Å². The quantitative estimate of drug-likeness (QED) is 0.836. The van der Waals surface area contributed by atoms with E-state index in [9.17, 15) is 0 Å². The molecule has 4 unspecified atom stereocenters. The third-order valence-electron chi connectivity index (χ3n) is 4.96. The molecule has 0 aliphatic heterocycles. The second-order valence-corrected chi connectivity index (χ2v) is 7.44. The summed E-state index contributed by atoms with van der Waals surface area (Å²) in [5, 5.41) is 6.20. The zero-order valence-corrected chi connectivity index (χ0v) is 12.4. The van der Waals surface area contributed by atoms with Crippen molar-refractivity contribution in [1.29, 1.82) is 0 Å². The van der Waals surface area contributed by atoms with Crippen LogP contribution in [-0.2, 0) is 0 Å². The van der Waals surface area contributed by atoms with Gasteiger partial charge in [0.1, 0.15) is 0 Å². The first-order chi connectivity index (χ1) is 8.74. The van der Waals surface area contributed by atoms with Crippen molar-refractivity contribution in [2.45, 2.75) is 58.0 Å². The van der Waals surface area contributed by atoms with E-state index in [0.717, 1.165) is 23.8 Å². The fourth-order valence-electron chi connectivity index (χ4n) is 3.30. The van der Waals surface area contributed by atoms with Gasteiger partial charge in [-0.05, 0) is 61.3 Å². The zero-order chi connectivity index (χ0) is 12.5. The minimum Gasteiger partial charge on any atom is -0.306 e. The summed E-state index contributed by atoms with van der Waals surface area (Å²) in [5.41, 5.74) is 0. The Bertz CT molecular complexity index is 368. The van der Waals surface area contributed by atoms with Crippen LogP contribution in [0.3, 0.4) is 0 Å². The second-order valence-electron chi connectivity index (χ2n) is 6.46. The highest BCUT2D eigenvalue weighted by Crippen LogP contribution is 2.43. The average molecular weight is 263 g/mol. The Balaban J connectivity index is 1.63. The van der Waals surface area contributed by atoms with E-state index in [2.05, 4.69) is 36.7 Å². The van der Waals surface area contributed by atoms with Gasteiger partial charge < -0.3 is 5.32 Å². The SMILES string of the molecule is CC1CCC(NC(c2cccs2)C2CC2)CC1C. The van der Waals surface area contributed by atoms with Crippen LogP contribution in [0.15, 0.2) is 17.5 Å². The summed E-state index contributed by atoms with van der Waals surface area (Å²) in [4.78, 5) is 1.56. The van der Waals surface area contributed by atoms with Gasteiger partial charge in [0.15, 0.2) is 0 Å². The molecule has 3 rings (SSSR count). The largest absolute Gasteiger partial charge is 0.306 e. The first-order valence-electron chi connectivity index (χ1n) is 7.53. The molecule has 2 heteroatoms. The molecule has 2 saturated carbocycles. The number of hydrogen-bond acceptors (Lipinski definition) is 2. The first kappa shape index (κ1) is 12.7. The van der Waals surface area contributed by atoms with Crippen LogP contribution < -0.4 is 5.32 Å². The third-order valence-corrected chi connectivity index (χ3v) is 5.91. The van der Waals surface area contributed by atoms with E-state index < -0.39 is 0 Å². The highest BCUT2D eigenvalue weighted by atomic mass is 32.1. The maximum absolute atomic E-state index is 3.98. The molecule has 1 aromatic rings. The van der Waals surface area contributed by atoms with Gasteiger partial charge in [-0.1, -0.05) is 19.9 Å². The summed E-state index contributed by atoms with van der Waals surface area (Å²) >= 11 is 1.93. The Morgan fingerprint density at radius 3 is 2.61 bits per heavy atom. The van der Waals surface area contributed by atoms with Crippen molar-refractivity contribution < 1.29 is 0 Å². The van der Waals surface area contributed by atoms with Crippen LogP contribution in [0.2, 0.25) is 0 Å². The highest BCUT2D eigenvalue weighted by Gasteiger charge is 2.35. The van der Waals surface area contributed by atoms with Crippen molar-refractivity contribution in [3.63, 3.8) is 0 Å². The zero-order valence-electron chi connectivity index (χ0n) is 11.6. The lowest BCUT2D eigenvalue weighted by atomic mass is 9.79. The number of hydrogen-bond donors (Lipinski definition) is 1. The molecule has 0 amide bonds. The molecule has 1 N–H and O–H groups in total. The van der Waals surface area contributed by atoms with Gasteiger partial charge >= 0.3 is 0 Å². The minimum absolute atomic E-state index is 0.649. The molecule has 1 heterocycles. The minimum atomic E-state index is 0.649. The highest BCUT2D eigenvalue weighted by molar-refractivity contribution is 7.10. The summed E-state index contributed by atoms with van der Waals surface area (Å²) in [5.74, 6) is 2.72. The fraction of sp³-hybridized carbons (Fsp3) is 0.750. The summed E-state index contributed by atoms with van der Waals surface area (Å²) < 4.78 is 0. The van der Waals surface area contributed by atoms with E-state index in [0.29, 0.717) is 6.04 Å². The van der Waals surface area contributed by atoms with Crippen molar-refractivity contribution in [1.82, 2.24) is 5.32 Å². The lowest BCUT2D eigenvalue weighted by Gasteiger charge is -2.35. The monoisotopic (exact) mass is 263 g/mol. The predicted octanol–water partition coefficient (Wildman–Crippen LogP) is 4.61. The van der Waals surface area contributed by atoms with Crippen LogP contribution in [0.5, 0.6) is 0 Å². The van der Waals surface area contributed by atoms with Gasteiger partial charge in [0, 0.05) is 17.0 Å². The van der Waals surface area contributed by atoms with E-state index >= 15 is 0 Å². The van der Waals surface area contributed by atoms with Crippen molar-refractivity contribution in [3.05, 3.63) is 22.4 Å². The Morgan fingerprint density at radius 1 is 1.17 bits per heavy atom. The van der Waals surface area contributed by atoms with Gasteiger partial charge in [0.05, 0.1) is 0 Å². The molecular weight excluding hydrogens is 238 g/mol. The van der Waals surface area contributed by atoms with Crippen LogP contribution in [-0.4, -0.2) is 6.04 Å². The number of rotatable bonds is 4. The van der Waals surface area contributed by atoms with Crippen LogP contribution in [0.4, 0.5) is 0 Å². The topological polar surface area (TPSA) is 12.0 Å². The second kappa shape index (κ2) is 5.34. The Kier molecular flexibility index (Phi) is 3.76. The Morgan fingerprint density at radius 2 is 2.00 bits per heavy atom. The molecule has 100 valence electrons. The smallest absolute Gasteiger partial charge is 0.0445 e. The van der Waals surface area contributed by atoms with Gasteiger partial charge in [-0.3, -0.25) is 0 Å². The maximum Gasteiger partial charge on any atom is 0.0445 e. The van der Waals surface area contributed by atoms with E-state index in [1.165, 1.54) is 32.1 Å². The van der Waals surface area contributed by atoms with Crippen LogP contribution in [0, 0.1) is 17.8 Å². The lowest BCUT2D eigenvalue weighted by Crippen LogP contribution is -2.38. The van der Waals surface area contributed by atoms with E-state index in [1.54, 1.807) is 4.88 Å². The standard InChI is InChI=1S/C16H25NS/c1-11-5-8-14(10-12(11)2)17-16(13-6-7-13)15-4-3-9-18-15/h3-4,9,11-14,16-17H,5-8,10H2,1-2H3. The molecule has 18 heavy (non-hydrogen) atoms. The van der Waals surface area contributed by atoms with Gasteiger partial charge in [-0.2, -0.15) is 0 Å². The predicted molar refractivity (Wildman–Crippen MR) is 78.9 cm³/mol. The molecule has 2 fully saturated rings. The fourth-order valence-corrected chi connectivity index (χ4v) is 4.18. The summed E-state index contributed by atoms with van der Waals surface area (Å²) in [6.07, 6.45) is 7.00. The van der Waals surface area contributed by atoms with E-state index in [1.807, 2.05) is 11.3 Å². The number of thiophene rings is 1. The van der Waals surface area contributed by atoms with Gasteiger partial charge in [0.2, 0.25) is 0 Å². The lowest BCUT2D eigenvalue weighted by molar-refractivity contribution is 0.211. The normalized spacial score (nSPS) is 34.4. The maximum atomic E-state index is 3.98. The molecule has 0 radical (unpaired) electrons. The van der Waals surface area contributed by atoms with Crippen LogP contribution >= 0.6 is 11.3 Å². The van der Waals surface area contributed by atoms with Gasteiger partial charge in [-0.15, -0.1) is 11.3 Å². The van der Waals surface area contributed by atoms with Gasteiger partial charge in [-0.25, -0.2) is 0 Å². The van der Waals surface area contributed by atoms with E-state index in [4.69, 9.17) is 0 Å². The molecule has 0 saturated heterocycles. The average Bonchev–Trinajstić information content (AvgIpc) is 3.05. The molecule has 1 nitrogen and oxygen atoms in total. The molecule has 4 atom stereocenters. The number of nitrogens with one attached hydrogen (secondary N) is 1. The first-order valence-corrected chi connectivity index (χ1v) is 8.41. The summed E-state index contributed by atoms with van der Waals surface area (Å²) in [6.45, 7) is 4.84. The van der Waals surface area contributed by atoms with E-state index in [-0.39, 0.29) is 0 Å². The Hall–Kier alpha value is -0.340. The molecule has 0 aromatic carbocycles. The van der Waals surface area contributed by atoms with Crippen molar-refractivity contribution >= 4 is 11.3 Å². The molecule has 1 aromatic heterocycles. The van der Waals surface area contributed by atoms with Crippen LogP contribution in [0.1, 0.15) is 56.9 Å². The summed E-state index contributed by atoms with van der Waals surface area (Å²) in [7, 11) is 0. The molecule has 0 spiro atoms.